The Labute approximate surface area is 337 Å². The zero-order valence-corrected chi connectivity index (χ0v) is 31.9. The number of nitrogens with zero attached hydrogens (tertiary/aromatic N) is 3. The molecule has 4 aromatic heterocycles. The molecule has 0 aliphatic carbocycles. The van der Waals surface area contributed by atoms with E-state index in [1.54, 1.807) is 0 Å². The molecule has 0 aliphatic rings. The van der Waals surface area contributed by atoms with Gasteiger partial charge in [-0.15, -0.1) is 11.3 Å². The maximum atomic E-state index is 6.34. The van der Waals surface area contributed by atoms with Crippen LogP contribution in [-0.4, -0.2) is 15.0 Å². The van der Waals surface area contributed by atoms with Crippen LogP contribution in [0.25, 0.3) is 120 Å². The fourth-order valence-corrected chi connectivity index (χ4v) is 9.64. The fourth-order valence-electron chi connectivity index (χ4n) is 8.45. The van der Waals surface area contributed by atoms with Gasteiger partial charge >= 0.3 is 0 Å². The Hall–Kier alpha value is -7.47. The van der Waals surface area contributed by atoms with Gasteiger partial charge in [0.1, 0.15) is 11.2 Å². The summed E-state index contributed by atoms with van der Waals surface area (Å²) in [5, 5.41) is 8.11. The second-order valence-corrected chi connectivity index (χ2v) is 15.8. The highest BCUT2D eigenvalue weighted by atomic mass is 32.1. The van der Waals surface area contributed by atoms with Crippen molar-refractivity contribution < 1.29 is 4.42 Å². The van der Waals surface area contributed by atoms with Crippen molar-refractivity contribution in [1.29, 1.82) is 0 Å². The highest BCUT2D eigenvalue weighted by Crippen LogP contribution is 2.42. The van der Waals surface area contributed by atoms with Crippen molar-refractivity contribution >= 4 is 75.1 Å². The molecule has 0 fully saturated rings. The van der Waals surface area contributed by atoms with Gasteiger partial charge in [-0.2, -0.15) is 0 Å². The average molecular weight is 758 g/mol. The van der Waals surface area contributed by atoms with Crippen LogP contribution in [0.5, 0.6) is 0 Å². The highest BCUT2D eigenvalue weighted by Gasteiger charge is 2.18. The molecule has 0 unspecified atom stereocenters. The second kappa shape index (κ2) is 13.1. The zero-order valence-electron chi connectivity index (χ0n) is 31.1. The van der Waals surface area contributed by atoms with E-state index >= 15 is 0 Å². The molecule has 0 N–H and O–H groups in total. The van der Waals surface area contributed by atoms with Crippen LogP contribution in [0.3, 0.4) is 0 Å². The van der Waals surface area contributed by atoms with E-state index in [1.807, 2.05) is 29.5 Å². The van der Waals surface area contributed by atoms with Crippen molar-refractivity contribution in [3.63, 3.8) is 0 Å². The first-order chi connectivity index (χ1) is 28.7. The molecule has 8 aromatic carbocycles. The fraction of sp³-hybridized carbons (Fsp3) is 0. The molecule has 0 aliphatic heterocycles. The third kappa shape index (κ3) is 5.32. The lowest BCUT2D eigenvalue weighted by molar-refractivity contribution is 0.669. The summed E-state index contributed by atoms with van der Waals surface area (Å²) in [6.07, 6.45) is 0. The van der Waals surface area contributed by atoms with Gasteiger partial charge in [-0.05, 0) is 64.4 Å². The number of furan rings is 1. The van der Waals surface area contributed by atoms with E-state index < -0.39 is 0 Å². The molecule has 12 rings (SSSR count). The number of hydrogen-bond donors (Lipinski definition) is 0. The van der Waals surface area contributed by atoms with Crippen LogP contribution in [0.2, 0.25) is 0 Å². The molecule has 0 amide bonds. The van der Waals surface area contributed by atoms with Crippen molar-refractivity contribution in [2.75, 3.05) is 0 Å². The first-order valence-electron chi connectivity index (χ1n) is 19.4. The Morgan fingerprint density at radius 1 is 0.379 bits per heavy atom. The SMILES string of the molecule is c1ccc(-c2cc(-c3cc(-c4ccc5c(c4)oc4ccccc45)c4ccccc4c3)nc(-c3ccc(-c4nc5c6ccccc6sc5c5ccccc45)cc3)n2)cc1. The number of aromatic nitrogens is 3. The summed E-state index contributed by atoms with van der Waals surface area (Å²) in [6, 6.07) is 66.0. The highest BCUT2D eigenvalue weighted by molar-refractivity contribution is 7.26. The van der Waals surface area contributed by atoms with Gasteiger partial charge < -0.3 is 4.42 Å². The normalized spacial score (nSPS) is 11.8. The number of benzene rings is 8. The van der Waals surface area contributed by atoms with Crippen molar-refractivity contribution in [3.8, 4) is 56.3 Å². The van der Waals surface area contributed by atoms with Gasteiger partial charge in [0, 0.05) is 53.9 Å². The van der Waals surface area contributed by atoms with Crippen LogP contribution in [0.4, 0.5) is 0 Å². The number of fused-ring (bicyclic) bond motifs is 9. The molecule has 0 bridgehead atoms. The van der Waals surface area contributed by atoms with Gasteiger partial charge in [-0.1, -0.05) is 146 Å². The predicted octanol–water partition coefficient (Wildman–Crippen LogP) is 14.8. The number of para-hydroxylation sites is 1. The largest absolute Gasteiger partial charge is 0.456 e. The van der Waals surface area contributed by atoms with Crippen molar-refractivity contribution in [3.05, 3.63) is 188 Å². The summed E-state index contributed by atoms with van der Waals surface area (Å²) in [6.45, 7) is 0. The van der Waals surface area contributed by atoms with E-state index in [-0.39, 0.29) is 0 Å². The lowest BCUT2D eigenvalue weighted by Crippen LogP contribution is -1.97. The van der Waals surface area contributed by atoms with Gasteiger partial charge in [0.15, 0.2) is 5.82 Å². The van der Waals surface area contributed by atoms with Gasteiger partial charge in [-0.3, -0.25) is 0 Å². The molecule has 0 atom stereocenters. The summed E-state index contributed by atoms with van der Waals surface area (Å²) < 4.78 is 8.81. The molecule has 58 heavy (non-hydrogen) atoms. The van der Waals surface area contributed by atoms with Crippen LogP contribution >= 0.6 is 11.3 Å². The number of pyridine rings is 1. The second-order valence-electron chi connectivity index (χ2n) is 14.7. The maximum absolute atomic E-state index is 6.34. The minimum absolute atomic E-state index is 0.665. The van der Waals surface area contributed by atoms with Crippen molar-refractivity contribution in [2.45, 2.75) is 0 Å². The van der Waals surface area contributed by atoms with Gasteiger partial charge in [0.05, 0.1) is 27.3 Å². The van der Waals surface area contributed by atoms with Crippen LogP contribution < -0.4 is 0 Å². The Morgan fingerprint density at radius 2 is 1.02 bits per heavy atom. The summed E-state index contributed by atoms with van der Waals surface area (Å²) in [4.78, 5) is 15.8. The Kier molecular flexibility index (Phi) is 7.37. The van der Waals surface area contributed by atoms with Crippen LogP contribution in [-0.2, 0) is 0 Å². The van der Waals surface area contributed by atoms with E-state index in [2.05, 4.69) is 170 Å². The van der Waals surface area contributed by atoms with Crippen LogP contribution in [0.1, 0.15) is 0 Å². The Bertz CT molecular complexity index is 3570. The summed E-state index contributed by atoms with van der Waals surface area (Å²) in [5.74, 6) is 0.665. The molecular formula is C53H31N3OS. The number of thiophene rings is 1. The monoisotopic (exact) mass is 757 g/mol. The molecule has 4 heterocycles. The first kappa shape index (κ1) is 32.7. The Balaban J connectivity index is 1.01. The van der Waals surface area contributed by atoms with E-state index in [0.717, 1.165) is 88.7 Å². The third-order valence-corrected chi connectivity index (χ3v) is 12.5. The van der Waals surface area contributed by atoms with Crippen molar-refractivity contribution in [1.82, 2.24) is 15.0 Å². The first-order valence-corrected chi connectivity index (χ1v) is 20.2. The zero-order chi connectivity index (χ0) is 38.2. The van der Waals surface area contributed by atoms with E-state index in [4.69, 9.17) is 19.4 Å². The van der Waals surface area contributed by atoms with Gasteiger partial charge in [-0.25, -0.2) is 15.0 Å². The molecule has 0 radical (unpaired) electrons. The van der Waals surface area contributed by atoms with Gasteiger partial charge in [0.25, 0.3) is 0 Å². The van der Waals surface area contributed by atoms with Crippen LogP contribution in [0, 0.1) is 0 Å². The standard InChI is InChI=1S/C53H31N3OS/c1-2-12-32(13-3-1)45-31-46(37-28-35-14-4-5-15-38(35)44(29-37)36-26-27-40-39-16-8-10-20-47(39)57-48(40)30-36)55-53(54-45)34-24-22-33(23-25-34)50-41-17-6-7-18-42(41)52-51(56-50)43-19-9-11-21-49(43)58-52/h1-31H. The van der Waals surface area contributed by atoms with Crippen LogP contribution in [0.15, 0.2) is 192 Å². The molecule has 0 spiro atoms. The minimum Gasteiger partial charge on any atom is -0.456 e. The third-order valence-electron chi connectivity index (χ3n) is 11.3. The summed E-state index contributed by atoms with van der Waals surface area (Å²) in [5.41, 5.74) is 11.8. The molecular weight excluding hydrogens is 727 g/mol. The summed E-state index contributed by atoms with van der Waals surface area (Å²) in [7, 11) is 0. The van der Waals surface area contributed by atoms with E-state index in [0.29, 0.717) is 5.82 Å². The molecule has 12 aromatic rings. The number of hydrogen-bond acceptors (Lipinski definition) is 5. The van der Waals surface area contributed by atoms with Crippen molar-refractivity contribution in [2.24, 2.45) is 0 Å². The molecule has 5 heteroatoms. The minimum atomic E-state index is 0.665. The average Bonchev–Trinajstić information content (AvgIpc) is 3.87. The van der Waals surface area contributed by atoms with E-state index in [9.17, 15) is 0 Å². The topological polar surface area (TPSA) is 51.8 Å². The molecule has 0 saturated carbocycles. The van der Waals surface area contributed by atoms with E-state index in [1.165, 1.54) is 25.6 Å². The molecule has 4 nitrogen and oxygen atoms in total. The Morgan fingerprint density at radius 3 is 1.86 bits per heavy atom. The predicted molar refractivity (Wildman–Crippen MR) is 242 cm³/mol. The summed E-state index contributed by atoms with van der Waals surface area (Å²) >= 11 is 1.81. The molecule has 0 saturated heterocycles. The number of rotatable bonds is 5. The smallest absolute Gasteiger partial charge is 0.160 e. The lowest BCUT2D eigenvalue weighted by atomic mass is 9.93. The molecule has 270 valence electrons. The van der Waals surface area contributed by atoms with Gasteiger partial charge in [0.2, 0.25) is 0 Å². The maximum Gasteiger partial charge on any atom is 0.160 e. The lowest BCUT2D eigenvalue weighted by Gasteiger charge is -2.13. The quantitative estimate of drug-likeness (QED) is 0.175.